The fourth-order valence-electron chi connectivity index (χ4n) is 4.25. The predicted molar refractivity (Wildman–Crippen MR) is 105 cm³/mol. The maximum Gasteiger partial charge on any atom is 0.338 e. The second kappa shape index (κ2) is 6.81. The Bertz CT molecular complexity index is 872. The Kier molecular flexibility index (Phi) is 4.49. The molecular formula is C22H22ClNO2. The highest BCUT2D eigenvalue weighted by atomic mass is 35.5. The van der Waals surface area contributed by atoms with Gasteiger partial charge in [-0.2, -0.15) is 0 Å². The Hall–Kier alpha value is -2.26. The van der Waals surface area contributed by atoms with Gasteiger partial charge in [0, 0.05) is 5.92 Å². The number of benzene rings is 2. The zero-order valence-corrected chi connectivity index (χ0v) is 15.7. The van der Waals surface area contributed by atoms with Crippen LogP contribution >= 0.6 is 11.6 Å². The molecule has 2 aromatic carbocycles. The maximum atomic E-state index is 12.3. The van der Waals surface area contributed by atoms with Gasteiger partial charge >= 0.3 is 5.97 Å². The molecule has 4 rings (SSSR count). The first-order valence-electron chi connectivity index (χ1n) is 9.06. The first-order valence-corrected chi connectivity index (χ1v) is 9.44. The summed E-state index contributed by atoms with van der Waals surface area (Å²) in [4.78, 5) is 12.3. The number of ether oxygens (including phenoxy) is 1. The predicted octanol–water partition coefficient (Wildman–Crippen LogP) is 5.52. The minimum Gasteiger partial charge on any atom is -0.465 e. The van der Waals surface area contributed by atoms with E-state index in [1.165, 1.54) is 18.2 Å². The molecule has 1 aliphatic carbocycles. The molecule has 0 spiro atoms. The van der Waals surface area contributed by atoms with Crippen molar-refractivity contribution in [1.29, 1.82) is 0 Å². The Balaban J connectivity index is 1.81. The summed E-state index contributed by atoms with van der Waals surface area (Å²) in [5, 5.41) is 4.27. The number of anilines is 1. The van der Waals surface area contributed by atoms with Crippen LogP contribution in [0.15, 0.2) is 48.6 Å². The number of nitrogens with one attached hydrogen (secondary N) is 1. The van der Waals surface area contributed by atoms with Crippen LogP contribution < -0.4 is 5.32 Å². The summed E-state index contributed by atoms with van der Waals surface area (Å²) in [5.41, 5.74) is 5.00. The molecule has 0 radical (unpaired) electrons. The van der Waals surface area contributed by atoms with Crippen molar-refractivity contribution in [3.8, 4) is 0 Å². The van der Waals surface area contributed by atoms with Crippen LogP contribution in [0.1, 0.15) is 52.4 Å². The molecule has 0 saturated heterocycles. The summed E-state index contributed by atoms with van der Waals surface area (Å²) >= 11 is 6.51. The molecule has 1 N–H and O–H groups in total. The maximum absolute atomic E-state index is 12.3. The van der Waals surface area contributed by atoms with E-state index in [0.29, 0.717) is 16.5 Å². The van der Waals surface area contributed by atoms with Gasteiger partial charge in [0.2, 0.25) is 0 Å². The van der Waals surface area contributed by atoms with Gasteiger partial charge < -0.3 is 10.1 Å². The van der Waals surface area contributed by atoms with E-state index in [0.717, 1.165) is 24.1 Å². The van der Waals surface area contributed by atoms with E-state index >= 15 is 0 Å². The summed E-state index contributed by atoms with van der Waals surface area (Å²) in [6, 6.07) is 12.5. The third-order valence-electron chi connectivity index (χ3n) is 5.62. The number of carbonyl (C=O) groups is 1. The van der Waals surface area contributed by atoms with Crippen LogP contribution in [0.25, 0.3) is 0 Å². The van der Waals surface area contributed by atoms with E-state index in [1.54, 1.807) is 12.1 Å². The van der Waals surface area contributed by atoms with Gasteiger partial charge in [0.25, 0.3) is 0 Å². The zero-order valence-electron chi connectivity index (χ0n) is 15.0. The second-order valence-corrected chi connectivity index (χ2v) is 7.35. The fourth-order valence-corrected chi connectivity index (χ4v) is 4.47. The van der Waals surface area contributed by atoms with Crippen molar-refractivity contribution in [3.05, 3.63) is 75.8 Å². The summed E-state index contributed by atoms with van der Waals surface area (Å²) < 4.78 is 4.99. The van der Waals surface area contributed by atoms with Crippen molar-refractivity contribution >= 4 is 23.3 Å². The minimum absolute atomic E-state index is 0.162. The van der Waals surface area contributed by atoms with Crippen molar-refractivity contribution in [1.82, 2.24) is 0 Å². The number of allylic oxidation sites excluding steroid dienone is 2. The third-order valence-corrected chi connectivity index (χ3v) is 5.94. The molecule has 1 aliphatic heterocycles. The third kappa shape index (κ3) is 2.71. The highest BCUT2D eigenvalue weighted by molar-refractivity contribution is 6.33. The summed E-state index contributed by atoms with van der Waals surface area (Å²) in [6.07, 6.45) is 6.43. The van der Waals surface area contributed by atoms with Crippen LogP contribution in [0, 0.1) is 5.92 Å². The number of hydrogen-bond acceptors (Lipinski definition) is 3. The summed E-state index contributed by atoms with van der Waals surface area (Å²) in [5.74, 6) is 0.205. The van der Waals surface area contributed by atoms with Gasteiger partial charge in [0.15, 0.2) is 0 Å². The molecule has 4 heteroatoms. The lowest BCUT2D eigenvalue weighted by Gasteiger charge is -2.38. The van der Waals surface area contributed by atoms with Crippen molar-refractivity contribution in [2.45, 2.75) is 31.7 Å². The van der Waals surface area contributed by atoms with Crippen molar-refractivity contribution in [3.63, 3.8) is 0 Å². The molecule has 0 unspecified atom stereocenters. The number of esters is 1. The van der Waals surface area contributed by atoms with E-state index in [4.69, 9.17) is 16.3 Å². The molecule has 0 fully saturated rings. The molecule has 0 amide bonds. The van der Waals surface area contributed by atoms with Gasteiger partial charge in [0.1, 0.15) is 0 Å². The Morgan fingerprint density at radius 3 is 2.69 bits per heavy atom. The molecular weight excluding hydrogens is 346 g/mol. The van der Waals surface area contributed by atoms with Gasteiger partial charge in [-0.3, -0.25) is 0 Å². The lowest BCUT2D eigenvalue weighted by atomic mass is 9.75. The normalized spacial score (nSPS) is 23.1. The minimum atomic E-state index is -0.315. The van der Waals surface area contributed by atoms with Gasteiger partial charge in [-0.15, -0.1) is 0 Å². The second-order valence-electron chi connectivity index (χ2n) is 6.95. The number of fused-ring (bicyclic) bond motifs is 3. The molecule has 0 aromatic heterocycles. The number of methoxy groups -OCH3 is 1. The molecule has 0 saturated carbocycles. The lowest BCUT2D eigenvalue weighted by molar-refractivity contribution is 0.0598. The number of rotatable bonds is 3. The van der Waals surface area contributed by atoms with E-state index in [1.807, 2.05) is 0 Å². The number of halogens is 1. The van der Waals surface area contributed by atoms with E-state index in [-0.39, 0.29) is 17.9 Å². The number of carbonyl (C=O) groups excluding carboxylic acids is 1. The molecule has 3 atom stereocenters. The monoisotopic (exact) mass is 367 g/mol. The molecule has 3 nitrogen and oxygen atoms in total. The van der Waals surface area contributed by atoms with Gasteiger partial charge in [0.05, 0.1) is 29.4 Å². The van der Waals surface area contributed by atoms with Crippen LogP contribution in [0.4, 0.5) is 5.69 Å². The summed E-state index contributed by atoms with van der Waals surface area (Å²) in [7, 11) is 1.42. The van der Waals surface area contributed by atoms with Crippen LogP contribution in [-0.4, -0.2) is 13.1 Å². The van der Waals surface area contributed by atoms with E-state index in [2.05, 4.69) is 48.7 Å². The average molecular weight is 368 g/mol. The topological polar surface area (TPSA) is 38.3 Å². The first-order chi connectivity index (χ1) is 12.6. The summed E-state index contributed by atoms with van der Waals surface area (Å²) in [6.45, 7) is 2.16. The molecule has 2 aliphatic rings. The van der Waals surface area contributed by atoms with E-state index in [9.17, 15) is 4.79 Å². The van der Waals surface area contributed by atoms with Crippen molar-refractivity contribution in [2.24, 2.45) is 5.92 Å². The van der Waals surface area contributed by atoms with Crippen molar-refractivity contribution < 1.29 is 9.53 Å². The largest absolute Gasteiger partial charge is 0.465 e. The first kappa shape index (κ1) is 17.2. The number of aryl methyl sites for hydroxylation is 1. The van der Waals surface area contributed by atoms with Gasteiger partial charge in [-0.05, 0) is 47.6 Å². The Morgan fingerprint density at radius 2 is 2.00 bits per heavy atom. The highest BCUT2D eigenvalue weighted by Crippen LogP contribution is 2.52. The Morgan fingerprint density at radius 1 is 1.23 bits per heavy atom. The van der Waals surface area contributed by atoms with Crippen LogP contribution in [0.2, 0.25) is 5.02 Å². The zero-order chi connectivity index (χ0) is 18.3. The molecule has 134 valence electrons. The van der Waals surface area contributed by atoms with E-state index < -0.39 is 0 Å². The van der Waals surface area contributed by atoms with Crippen molar-refractivity contribution in [2.75, 3.05) is 12.4 Å². The van der Waals surface area contributed by atoms with Crippen LogP contribution in [0.3, 0.4) is 0 Å². The van der Waals surface area contributed by atoms with Gasteiger partial charge in [-0.1, -0.05) is 54.9 Å². The quantitative estimate of drug-likeness (QED) is 0.573. The smallest absolute Gasteiger partial charge is 0.338 e. The lowest BCUT2D eigenvalue weighted by Crippen LogP contribution is -2.30. The standard InChI is InChI=1S/C22H22ClNO2/c1-3-13-7-9-14(10-8-13)20-16-6-4-5-15(16)19-17(22(25)26-2)11-12-18(23)21(19)24-20/h4-5,7-12,15-16,20,24H,3,6H2,1-2H3/t15-,16-,20+/m1/s1. The highest BCUT2D eigenvalue weighted by Gasteiger charge is 2.40. The van der Waals surface area contributed by atoms with Crippen LogP contribution in [-0.2, 0) is 11.2 Å². The number of hydrogen-bond donors (Lipinski definition) is 1. The SMILES string of the molecule is CCc1ccc([C@@H]2Nc3c(Cl)ccc(C(=O)OC)c3[C@@H]3C=CC[C@H]32)cc1. The van der Waals surface area contributed by atoms with Gasteiger partial charge in [-0.25, -0.2) is 4.79 Å². The molecule has 1 heterocycles. The molecule has 0 bridgehead atoms. The molecule has 2 aromatic rings. The molecule has 26 heavy (non-hydrogen) atoms. The van der Waals surface area contributed by atoms with Crippen LogP contribution in [0.5, 0.6) is 0 Å². The Labute approximate surface area is 159 Å². The fraction of sp³-hybridized carbons (Fsp3) is 0.318. The average Bonchev–Trinajstić information content (AvgIpc) is 3.17.